The molecule has 0 unspecified atom stereocenters. The van der Waals surface area contributed by atoms with Crippen molar-refractivity contribution in [2.45, 2.75) is 258 Å². The van der Waals surface area contributed by atoms with Gasteiger partial charge in [0.15, 0.2) is 0 Å². The summed E-state index contributed by atoms with van der Waals surface area (Å²) in [6.07, 6.45) is 49.3. The summed E-state index contributed by atoms with van der Waals surface area (Å²) >= 11 is 0. The molecule has 0 aliphatic rings. The Kier molecular flexibility index (Phi) is 41.2. The molecule has 0 bridgehead atoms. The van der Waals surface area contributed by atoms with Gasteiger partial charge in [0.1, 0.15) is 0 Å². The lowest BCUT2D eigenvalue weighted by Gasteiger charge is -2.07. The third-order valence-corrected chi connectivity index (χ3v) is 10.3. The van der Waals surface area contributed by atoms with Gasteiger partial charge in [0.2, 0.25) is 11.8 Å². The third-order valence-electron chi connectivity index (χ3n) is 10.3. The fourth-order valence-electron chi connectivity index (χ4n) is 6.90. The van der Waals surface area contributed by atoms with Crippen LogP contribution in [0.25, 0.3) is 0 Å². The van der Waals surface area contributed by atoms with Crippen molar-refractivity contribution in [2.24, 2.45) is 0 Å². The van der Waals surface area contributed by atoms with E-state index in [2.05, 4.69) is 24.5 Å². The van der Waals surface area contributed by atoms with Gasteiger partial charge in [-0.1, -0.05) is 219 Å². The first-order chi connectivity index (χ1) is 23.7. The molecule has 2 N–H and O–H groups in total. The number of rotatable bonds is 41. The largest absolute Gasteiger partial charge is 0.356 e. The molecule has 0 aliphatic heterocycles. The monoisotopic (exact) mass is 677 g/mol. The Morgan fingerprint density at radius 3 is 0.688 bits per heavy atom. The smallest absolute Gasteiger partial charge is 0.219 e. The zero-order valence-corrected chi connectivity index (χ0v) is 33.1. The predicted octanol–water partition coefficient (Wildman–Crippen LogP) is 14.1. The summed E-state index contributed by atoms with van der Waals surface area (Å²) in [6, 6.07) is 0. The Morgan fingerprint density at radius 1 is 0.271 bits per heavy atom. The Balaban J connectivity index is 3.24. The predicted molar refractivity (Wildman–Crippen MR) is 213 cm³/mol. The van der Waals surface area contributed by atoms with Gasteiger partial charge in [-0.3, -0.25) is 9.59 Å². The van der Waals surface area contributed by atoms with Gasteiger partial charge in [0.25, 0.3) is 0 Å². The Bertz CT molecular complexity index is 583. The van der Waals surface area contributed by atoms with Gasteiger partial charge in [-0.15, -0.1) is 0 Å². The Morgan fingerprint density at radius 2 is 0.458 bits per heavy atom. The van der Waals surface area contributed by atoms with E-state index in [0.29, 0.717) is 12.8 Å². The van der Waals surface area contributed by atoms with Crippen LogP contribution in [0.2, 0.25) is 0 Å². The van der Waals surface area contributed by atoms with Crippen molar-refractivity contribution in [1.82, 2.24) is 10.6 Å². The van der Waals surface area contributed by atoms with Crippen molar-refractivity contribution in [2.75, 3.05) is 13.1 Å². The first-order valence-corrected chi connectivity index (χ1v) is 22.2. The molecular weight excluding hydrogens is 588 g/mol. The normalized spacial score (nSPS) is 11.3. The van der Waals surface area contributed by atoms with Crippen molar-refractivity contribution in [3.8, 4) is 0 Å². The lowest BCUT2D eigenvalue weighted by atomic mass is 10.0. The zero-order chi connectivity index (χ0) is 34.9. The summed E-state index contributed by atoms with van der Waals surface area (Å²) in [5.74, 6) is 0.448. The lowest BCUT2D eigenvalue weighted by Crippen LogP contribution is -2.24. The molecule has 0 atom stereocenters. The van der Waals surface area contributed by atoms with Gasteiger partial charge in [-0.2, -0.15) is 0 Å². The fraction of sp³-hybridized carbons (Fsp3) is 0.955. The van der Waals surface area contributed by atoms with Gasteiger partial charge in [-0.25, -0.2) is 0 Å². The Labute approximate surface area is 302 Å². The van der Waals surface area contributed by atoms with Crippen LogP contribution in [-0.2, 0) is 9.59 Å². The second-order valence-corrected chi connectivity index (χ2v) is 15.2. The van der Waals surface area contributed by atoms with Crippen LogP contribution in [0, 0.1) is 0 Å². The van der Waals surface area contributed by atoms with Crippen LogP contribution in [0.1, 0.15) is 258 Å². The summed E-state index contributed by atoms with van der Waals surface area (Å²) in [5, 5.41) is 6.20. The van der Waals surface area contributed by atoms with Gasteiger partial charge in [0, 0.05) is 25.9 Å². The van der Waals surface area contributed by atoms with E-state index < -0.39 is 0 Å². The van der Waals surface area contributed by atoms with Crippen LogP contribution in [0.3, 0.4) is 0 Å². The van der Waals surface area contributed by atoms with E-state index in [1.807, 2.05) is 0 Å². The van der Waals surface area contributed by atoms with Gasteiger partial charge in [0.05, 0.1) is 0 Å². The molecule has 0 rings (SSSR count). The molecule has 0 saturated carbocycles. The van der Waals surface area contributed by atoms with Gasteiger partial charge < -0.3 is 10.6 Å². The number of hydrogen-bond acceptors (Lipinski definition) is 2. The van der Waals surface area contributed by atoms with E-state index in [9.17, 15) is 9.59 Å². The molecular formula is C44H88N2O2. The van der Waals surface area contributed by atoms with E-state index in [0.717, 1.165) is 51.6 Å². The highest BCUT2D eigenvalue weighted by Gasteiger charge is 2.03. The molecule has 0 fully saturated rings. The molecule has 2 amide bonds. The second kappa shape index (κ2) is 42.1. The van der Waals surface area contributed by atoms with E-state index in [1.165, 1.54) is 193 Å². The highest BCUT2D eigenvalue weighted by molar-refractivity contribution is 5.76. The summed E-state index contributed by atoms with van der Waals surface area (Å²) in [6.45, 7) is 6.17. The number of carbonyl (C=O) groups is 2. The second-order valence-electron chi connectivity index (χ2n) is 15.2. The average molecular weight is 677 g/mol. The molecule has 0 heterocycles. The fourth-order valence-corrected chi connectivity index (χ4v) is 6.90. The first-order valence-electron chi connectivity index (χ1n) is 22.2. The van der Waals surface area contributed by atoms with E-state index in [-0.39, 0.29) is 11.8 Å². The maximum atomic E-state index is 12.1. The quantitative estimate of drug-likeness (QED) is 0.0633. The highest BCUT2D eigenvalue weighted by atomic mass is 16.2. The van der Waals surface area contributed by atoms with Gasteiger partial charge >= 0.3 is 0 Å². The lowest BCUT2D eigenvalue weighted by molar-refractivity contribution is -0.122. The minimum atomic E-state index is 0.224. The molecule has 0 aliphatic carbocycles. The van der Waals surface area contributed by atoms with E-state index in [1.54, 1.807) is 0 Å². The van der Waals surface area contributed by atoms with Crippen LogP contribution in [0.15, 0.2) is 0 Å². The summed E-state index contributed by atoms with van der Waals surface area (Å²) < 4.78 is 0. The molecule has 0 aromatic carbocycles. The molecule has 0 aromatic rings. The molecule has 0 radical (unpaired) electrons. The average Bonchev–Trinajstić information content (AvgIpc) is 3.09. The summed E-state index contributed by atoms with van der Waals surface area (Å²) in [4.78, 5) is 24.2. The molecule has 4 heteroatoms. The third kappa shape index (κ3) is 41.1. The summed E-state index contributed by atoms with van der Waals surface area (Å²) in [5.41, 5.74) is 0. The topological polar surface area (TPSA) is 58.2 Å². The van der Waals surface area contributed by atoms with E-state index in [4.69, 9.17) is 0 Å². The summed E-state index contributed by atoms with van der Waals surface area (Å²) in [7, 11) is 0. The molecule has 286 valence electrons. The molecule has 0 spiro atoms. The minimum absolute atomic E-state index is 0.224. The standard InChI is InChI=1S/C44H88N2O2/c1-3-5-7-9-11-13-15-17-19-21-23-25-27-29-31-35-39-43(47)45-41-37-33-34-38-42-46-44(48)40-36-32-30-28-26-24-22-20-18-16-14-12-10-8-6-4-2/h3-42H2,1-2H3,(H,45,47)(H,46,48). The Hall–Kier alpha value is -1.06. The van der Waals surface area contributed by atoms with Crippen LogP contribution in [0.5, 0.6) is 0 Å². The number of carbonyl (C=O) groups excluding carboxylic acids is 2. The van der Waals surface area contributed by atoms with Crippen molar-refractivity contribution < 1.29 is 9.59 Å². The van der Waals surface area contributed by atoms with Crippen molar-refractivity contribution in [3.63, 3.8) is 0 Å². The molecule has 0 aromatic heterocycles. The van der Waals surface area contributed by atoms with Crippen LogP contribution in [-0.4, -0.2) is 24.9 Å². The van der Waals surface area contributed by atoms with Crippen LogP contribution in [0.4, 0.5) is 0 Å². The number of hydrogen-bond donors (Lipinski definition) is 2. The SMILES string of the molecule is CCCCCCCCCCCCCCCCCCC(=O)NCCCCCCNC(=O)CCCCCCCCCCCCCCCCCC. The van der Waals surface area contributed by atoms with Crippen molar-refractivity contribution >= 4 is 11.8 Å². The molecule has 0 saturated heterocycles. The maximum absolute atomic E-state index is 12.1. The maximum Gasteiger partial charge on any atom is 0.219 e. The van der Waals surface area contributed by atoms with E-state index >= 15 is 0 Å². The number of amides is 2. The highest BCUT2D eigenvalue weighted by Crippen LogP contribution is 2.15. The van der Waals surface area contributed by atoms with Crippen LogP contribution < -0.4 is 10.6 Å². The first kappa shape index (κ1) is 46.9. The minimum Gasteiger partial charge on any atom is -0.356 e. The van der Waals surface area contributed by atoms with Crippen LogP contribution >= 0.6 is 0 Å². The number of unbranched alkanes of at least 4 members (excludes halogenated alkanes) is 33. The zero-order valence-electron chi connectivity index (χ0n) is 33.1. The van der Waals surface area contributed by atoms with Gasteiger partial charge in [-0.05, 0) is 25.7 Å². The number of nitrogens with one attached hydrogen (secondary N) is 2. The molecule has 4 nitrogen and oxygen atoms in total. The molecule has 48 heavy (non-hydrogen) atoms. The van der Waals surface area contributed by atoms with Crippen molar-refractivity contribution in [3.05, 3.63) is 0 Å². The van der Waals surface area contributed by atoms with Crippen molar-refractivity contribution in [1.29, 1.82) is 0 Å².